The highest BCUT2D eigenvalue weighted by Gasteiger charge is 2.34. The molecule has 21 heavy (non-hydrogen) atoms. The Kier molecular flexibility index (Phi) is 5.62. The van der Waals surface area contributed by atoms with Crippen LogP contribution in [0.15, 0.2) is 0 Å². The number of carbonyl (C=O) groups excluding carboxylic acids is 1. The molecule has 0 spiro atoms. The Bertz CT molecular complexity index is 458. The predicted octanol–water partition coefficient (Wildman–Crippen LogP) is 0.279. The molecular weight excluding hydrogens is 292 g/mol. The Balaban J connectivity index is 1.84. The summed E-state index contributed by atoms with van der Waals surface area (Å²) in [6.07, 6.45) is 2.98. The summed E-state index contributed by atoms with van der Waals surface area (Å²) < 4.78 is 25.1. The number of hydrogen-bond donors (Lipinski definition) is 1. The third-order valence-electron chi connectivity index (χ3n) is 4.70. The number of carbonyl (C=O) groups is 1. The van der Waals surface area contributed by atoms with Crippen LogP contribution in [-0.4, -0.2) is 67.2 Å². The number of aliphatic hydroxyl groups excluding tert-OH is 1. The first-order valence-corrected chi connectivity index (χ1v) is 9.46. The van der Waals surface area contributed by atoms with Crippen molar-refractivity contribution in [2.45, 2.75) is 32.6 Å². The van der Waals surface area contributed by atoms with Gasteiger partial charge in [-0.05, 0) is 38.5 Å². The lowest BCUT2D eigenvalue weighted by Gasteiger charge is -2.32. The van der Waals surface area contributed by atoms with Crippen LogP contribution >= 0.6 is 0 Å². The second-order valence-electron chi connectivity index (χ2n) is 6.03. The van der Waals surface area contributed by atoms with Gasteiger partial charge >= 0.3 is 0 Å². The van der Waals surface area contributed by atoms with Crippen molar-refractivity contribution in [1.29, 1.82) is 0 Å². The predicted molar refractivity (Wildman–Crippen MR) is 80.1 cm³/mol. The van der Waals surface area contributed by atoms with Crippen molar-refractivity contribution in [2.75, 3.05) is 38.5 Å². The summed E-state index contributed by atoms with van der Waals surface area (Å²) in [5.74, 6) is 0.672. The third-order valence-corrected chi connectivity index (χ3v) is 6.58. The lowest BCUT2D eigenvalue weighted by Crippen LogP contribution is -2.44. The molecule has 2 aliphatic rings. The smallest absolute Gasteiger partial charge is 0.225 e. The zero-order chi connectivity index (χ0) is 15.5. The van der Waals surface area contributed by atoms with Crippen molar-refractivity contribution in [1.82, 2.24) is 9.21 Å². The maximum absolute atomic E-state index is 12.5. The molecule has 0 aromatic carbocycles. The second-order valence-corrected chi connectivity index (χ2v) is 8.28. The minimum absolute atomic E-state index is 0.0406. The normalized spacial score (nSPS) is 25.4. The van der Waals surface area contributed by atoms with Gasteiger partial charge in [0.2, 0.25) is 15.9 Å². The summed E-state index contributed by atoms with van der Waals surface area (Å²) in [6, 6.07) is 0. The monoisotopic (exact) mass is 318 g/mol. The molecule has 2 saturated heterocycles. The molecule has 2 fully saturated rings. The molecule has 122 valence electrons. The van der Waals surface area contributed by atoms with E-state index in [0.29, 0.717) is 31.8 Å². The number of sulfonamides is 1. The van der Waals surface area contributed by atoms with Gasteiger partial charge in [-0.25, -0.2) is 12.7 Å². The molecule has 0 aromatic heterocycles. The first-order chi connectivity index (χ1) is 9.97. The molecule has 7 heteroatoms. The fraction of sp³-hybridized carbons (Fsp3) is 0.929. The van der Waals surface area contributed by atoms with E-state index in [9.17, 15) is 13.2 Å². The van der Waals surface area contributed by atoms with Crippen molar-refractivity contribution in [3.05, 3.63) is 0 Å². The highest BCUT2D eigenvalue weighted by atomic mass is 32.2. The van der Waals surface area contributed by atoms with E-state index in [1.54, 1.807) is 6.92 Å². The molecule has 2 aliphatic heterocycles. The highest BCUT2D eigenvalue weighted by Crippen LogP contribution is 2.26. The van der Waals surface area contributed by atoms with E-state index in [-0.39, 0.29) is 24.2 Å². The highest BCUT2D eigenvalue weighted by molar-refractivity contribution is 7.89. The standard InChI is InChI=1S/C14H26N2O4S/c1-2-21(19,20)16-8-4-13(5-9-16)14(18)15-7-3-12(11-15)6-10-17/h12-13,17H,2-11H2,1H3. The Hall–Kier alpha value is -0.660. The first-order valence-electron chi connectivity index (χ1n) is 7.85. The number of amides is 1. The third kappa shape index (κ3) is 3.96. The van der Waals surface area contributed by atoms with Gasteiger partial charge in [-0.3, -0.25) is 4.79 Å². The molecule has 0 aromatic rings. The van der Waals surface area contributed by atoms with Gasteiger partial charge in [0.25, 0.3) is 0 Å². The van der Waals surface area contributed by atoms with E-state index < -0.39 is 10.0 Å². The average molecular weight is 318 g/mol. The molecule has 0 aliphatic carbocycles. The summed E-state index contributed by atoms with van der Waals surface area (Å²) in [5.41, 5.74) is 0. The first kappa shape index (κ1) is 16.7. The Morgan fingerprint density at radius 1 is 1.19 bits per heavy atom. The minimum atomic E-state index is -3.12. The van der Waals surface area contributed by atoms with Crippen LogP contribution in [0.25, 0.3) is 0 Å². The molecule has 1 atom stereocenters. The topological polar surface area (TPSA) is 77.9 Å². The summed E-state index contributed by atoms with van der Waals surface area (Å²) in [5, 5.41) is 8.96. The number of rotatable bonds is 5. The lowest BCUT2D eigenvalue weighted by molar-refractivity contribution is -0.135. The Morgan fingerprint density at radius 2 is 1.86 bits per heavy atom. The molecule has 1 unspecified atom stereocenters. The molecule has 0 bridgehead atoms. The molecular formula is C14H26N2O4S. The molecule has 2 heterocycles. The van der Waals surface area contributed by atoms with Gasteiger partial charge in [0.1, 0.15) is 0 Å². The van der Waals surface area contributed by atoms with Gasteiger partial charge in [-0.1, -0.05) is 0 Å². The van der Waals surface area contributed by atoms with Crippen LogP contribution in [0.1, 0.15) is 32.6 Å². The minimum Gasteiger partial charge on any atom is -0.396 e. The van der Waals surface area contributed by atoms with Gasteiger partial charge in [-0.2, -0.15) is 0 Å². The van der Waals surface area contributed by atoms with Crippen molar-refractivity contribution >= 4 is 15.9 Å². The van der Waals surface area contributed by atoms with Crippen molar-refractivity contribution in [3.8, 4) is 0 Å². The summed E-state index contributed by atoms with van der Waals surface area (Å²) in [4.78, 5) is 14.4. The zero-order valence-electron chi connectivity index (χ0n) is 12.7. The number of hydrogen-bond acceptors (Lipinski definition) is 4. The zero-order valence-corrected chi connectivity index (χ0v) is 13.5. The maximum atomic E-state index is 12.5. The van der Waals surface area contributed by atoms with E-state index in [1.807, 2.05) is 4.90 Å². The van der Waals surface area contributed by atoms with Crippen molar-refractivity contribution < 1.29 is 18.3 Å². The number of aliphatic hydroxyl groups is 1. The summed E-state index contributed by atoms with van der Waals surface area (Å²) in [7, 11) is -3.12. The Morgan fingerprint density at radius 3 is 2.43 bits per heavy atom. The van der Waals surface area contributed by atoms with E-state index in [4.69, 9.17) is 5.11 Å². The fourth-order valence-corrected chi connectivity index (χ4v) is 4.41. The molecule has 0 radical (unpaired) electrons. The van der Waals surface area contributed by atoms with E-state index in [2.05, 4.69) is 0 Å². The van der Waals surface area contributed by atoms with Gasteiger partial charge in [0.05, 0.1) is 5.75 Å². The molecule has 6 nitrogen and oxygen atoms in total. The van der Waals surface area contributed by atoms with E-state index in [0.717, 1.165) is 25.9 Å². The Labute approximate surface area is 127 Å². The maximum Gasteiger partial charge on any atom is 0.225 e. The number of nitrogens with zero attached hydrogens (tertiary/aromatic N) is 2. The quantitative estimate of drug-likeness (QED) is 0.790. The van der Waals surface area contributed by atoms with E-state index >= 15 is 0 Å². The summed E-state index contributed by atoms with van der Waals surface area (Å²) in [6.45, 7) is 4.27. The molecule has 1 amide bonds. The van der Waals surface area contributed by atoms with Crippen LogP contribution in [0, 0.1) is 11.8 Å². The average Bonchev–Trinajstić information content (AvgIpc) is 2.95. The van der Waals surface area contributed by atoms with Crippen LogP contribution in [0.4, 0.5) is 0 Å². The lowest BCUT2D eigenvalue weighted by atomic mass is 9.96. The second kappa shape index (κ2) is 7.07. The number of likely N-dealkylation sites (tertiary alicyclic amines) is 1. The molecule has 1 N–H and O–H groups in total. The largest absolute Gasteiger partial charge is 0.396 e. The van der Waals surface area contributed by atoms with E-state index in [1.165, 1.54) is 4.31 Å². The summed E-state index contributed by atoms with van der Waals surface area (Å²) >= 11 is 0. The van der Waals surface area contributed by atoms with Crippen LogP contribution < -0.4 is 0 Å². The SMILES string of the molecule is CCS(=O)(=O)N1CCC(C(=O)N2CCC(CCO)C2)CC1. The van der Waals surface area contributed by atoms with Crippen LogP contribution in [0.3, 0.4) is 0 Å². The number of piperidine rings is 1. The van der Waals surface area contributed by atoms with Crippen molar-refractivity contribution in [2.24, 2.45) is 11.8 Å². The van der Waals surface area contributed by atoms with Crippen molar-refractivity contribution in [3.63, 3.8) is 0 Å². The fourth-order valence-electron chi connectivity index (χ4n) is 3.27. The van der Waals surface area contributed by atoms with Crippen LogP contribution in [-0.2, 0) is 14.8 Å². The van der Waals surface area contributed by atoms with Crippen LogP contribution in [0.2, 0.25) is 0 Å². The molecule has 0 saturated carbocycles. The van der Waals surface area contributed by atoms with Gasteiger partial charge in [0, 0.05) is 38.7 Å². The molecule has 2 rings (SSSR count). The van der Waals surface area contributed by atoms with Crippen LogP contribution in [0.5, 0.6) is 0 Å². The van der Waals surface area contributed by atoms with Gasteiger partial charge < -0.3 is 10.0 Å². The van der Waals surface area contributed by atoms with Gasteiger partial charge in [-0.15, -0.1) is 0 Å². The van der Waals surface area contributed by atoms with Gasteiger partial charge in [0.15, 0.2) is 0 Å².